The third-order valence-corrected chi connectivity index (χ3v) is 6.19. The van der Waals surface area contributed by atoms with Crippen LogP contribution < -0.4 is 4.72 Å². The number of nitrogens with one attached hydrogen (secondary N) is 1. The second kappa shape index (κ2) is 8.68. The first-order valence-electron chi connectivity index (χ1n) is 9.14. The van der Waals surface area contributed by atoms with Crippen molar-refractivity contribution in [2.45, 2.75) is 30.0 Å². The summed E-state index contributed by atoms with van der Waals surface area (Å²) in [5.74, 6) is -2.33. The summed E-state index contributed by atoms with van der Waals surface area (Å²) in [7, 11) is -4.03. The number of rotatable bonds is 7. The molecule has 0 radical (unpaired) electrons. The minimum absolute atomic E-state index is 0.0117. The molecule has 0 amide bonds. The molecule has 0 aromatic heterocycles. The molecule has 29 heavy (non-hydrogen) atoms. The van der Waals surface area contributed by atoms with Gasteiger partial charge in [-0.1, -0.05) is 36.4 Å². The highest BCUT2D eigenvalue weighted by molar-refractivity contribution is 7.89. The van der Waals surface area contributed by atoms with Gasteiger partial charge in [0, 0.05) is 18.5 Å². The molecular weight excluding hydrogens is 409 g/mol. The molecule has 3 rings (SSSR count). The van der Waals surface area contributed by atoms with E-state index in [1.54, 1.807) is 36.4 Å². The highest BCUT2D eigenvalue weighted by atomic mass is 32.2. The fourth-order valence-electron chi connectivity index (χ4n) is 3.33. The second-order valence-electron chi connectivity index (χ2n) is 6.86. The van der Waals surface area contributed by atoms with E-state index in [9.17, 15) is 26.4 Å². The van der Waals surface area contributed by atoms with Crippen LogP contribution in [0.2, 0.25) is 0 Å². The number of likely N-dealkylation sites (tertiary alicyclic amines) is 1. The predicted molar refractivity (Wildman–Crippen MR) is 101 cm³/mol. The minimum Gasteiger partial charge on any atom is -0.453 e. The van der Waals surface area contributed by atoms with Crippen molar-refractivity contribution in [3.63, 3.8) is 0 Å². The number of esters is 1. The van der Waals surface area contributed by atoms with Crippen LogP contribution in [0.15, 0.2) is 47.4 Å². The van der Waals surface area contributed by atoms with Gasteiger partial charge in [0.2, 0.25) is 10.0 Å². The Balaban J connectivity index is 1.76. The molecule has 0 saturated carbocycles. The number of alkyl halides is 3. The van der Waals surface area contributed by atoms with Crippen LogP contribution in [0.4, 0.5) is 13.2 Å². The van der Waals surface area contributed by atoms with E-state index in [1.807, 2.05) is 4.90 Å². The van der Waals surface area contributed by atoms with Crippen LogP contribution in [0, 0.1) is 0 Å². The molecule has 1 aliphatic heterocycles. The first-order chi connectivity index (χ1) is 13.7. The van der Waals surface area contributed by atoms with Gasteiger partial charge in [0.15, 0.2) is 0 Å². The molecule has 158 valence electrons. The lowest BCUT2D eigenvalue weighted by Crippen LogP contribution is -2.44. The highest BCUT2D eigenvalue weighted by Crippen LogP contribution is 2.23. The Labute approximate surface area is 166 Å². The van der Waals surface area contributed by atoms with Crippen LogP contribution in [0.5, 0.6) is 0 Å². The van der Waals surface area contributed by atoms with Gasteiger partial charge in [-0.3, -0.25) is 4.90 Å². The first-order valence-corrected chi connectivity index (χ1v) is 10.6. The predicted octanol–water partition coefficient (Wildman–Crippen LogP) is 2.69. The van der Waals surface area contributed by atoms with Crippen molar-refractivity contribution in [1.29, 1.82) is 0 Å². The lowest BCUT2D eigenvalue weighted by atomic mass is 10.1. The van der Waals surface area contributed by atoms with E-state index in [1.165, 1.54) is 6.07 Å². The molecular formula is C19H21F3N2O4S. The van der Waals surface area contributed by atoms with Crippen LogP contribution in [0.1, 0.15) is 12.8 Å². The third-order valence-electron chi connectivity index (χ3n) is 4.71. The van der Waals surface area contributed by atoms with Crippen molar-refractivity contribution in [3.05, 3.63) is 42.5 Å². The summed E-state index contributed by atoms with van der Waals surface area (Å²) >= 11 is 0. The standard InChI is InChI=1S/C19H21F3N2O4S/c20-19(21,22)18(25)28-15(13-24-10-3-4-11-24)12-23-29(26,27)17-9-5-7-14-6-1-2-8-16(14)17/h1-2,5-9,15,23H,3-4,10-13H2/t15-/m0/s1. The lowest BCUT2D eigenvalue weighted by molar-refractivity contribution is -0.205. The topological polar surface area (TPSA) is 75.7 Å². The molecule has 1 saturated heterocycles. The number of benzene rings is 2. The van der Waals surface area contributed by atoms with Crippen LogP contribution in [0.3, 0.4) is 0 Å². The Morgan fingerprint density at radius 1 is 1.10 bits per heavy atom. The van der Waals surface area contributed by atoms with Crippen molar-refractivity contribution in [2.24, 2.45) is 0 Å². The summed E-state index contributed by atoms with van der Waals surface area (Å²) in [6.07, 6.45) is -4.62. The summed E-state index contributed by atoms with van der Waals surface area (Å²) in [6.45, 7) is 0.899. The summed E-state index contributed by atoms with van der Waals surface area (Å²) in [5.41, 5.74) is 0. The summed E-state index contributed by atoms with van der Waals surface area (Å²) in [5, 5.41) is 1.21. The van der Waals surface area contributed by atoms with Gasteiger partial charge in [0.25, 0.3) is 0 Å². The summed E-state index contributed by atoms with van der Waals surface area (Å²) in [4.78, 5) is 13.1. The van der Waals surface area contributed by atoms with Crippen LogP contribution in [-0.4, -0.2) is 57.7 Å². The van der Waals surface area contributed by atoms with Gasteiger partial charge in [0.1, 0.15) is 6.10 Å². The van der Waals surface area contributed by atoms with Crippen molar-refractivity contribution < 1.29 is 31.1 Å². The van der Waals surface area contributed by atoms with Gasteiger partial charge in [-0.05, 0) is 37.4 Å². The Morgan fingerprint density at radius 3 is 2.45 bits per heavy atom. The van der Waals surface area contributed by atoms with Gasteiger partial charge >= 0.3 is 12.1 Å². The molecule has 2 aromatic carbocycles. The number of hydrogen-bond donors (Lipinski definition) is 1. The maximum absolute atomic E-state index is 12.8. The number of nitrogens with zero attached hydrogens (tertiary/aromatic N) is 1. The van der Waals surface area contributed by atoms with Gasteiger partial charge < -0.3 is 4.74 Å². The molecule has 10 heteroatoms. The Kier molecular flexibility index (Phi) is 6.45. The Morgan fingerprint density at radius 2 is 1.76 bits per heavy atom. The maximum Gasteiger partial charge on any atom is 0.490 e. The van der Waals surface area contributed by atoms with Crippen molar-refractivity contribution in [1.82, 2.24) is 9.62 Å². The third kappa shape index (κ3) is 5.46. The molecule has 0 spiro atoms. The van der Waals surface area contributed by atoms with Crippen molar-refractivity contribution in [3.8, 4) is 0 Å². The smallest absolute Gasteiger partial charge is 0.453 e. The van der Waals surface area contributed by atoms with E-state index in [0.29, 0.717) is 23.9 Å². The number of sulfonamides is 1. The molecule has 2 aromatic rings. The van der Waals surface area contributed by atoms with E-state index in [0.717, 1.165) is 12.8 Å². The summed E-state index contributed by atoms with van der Waals surface area (Å²) in [6, 6.07) is 11.6. The van der Waals surface area contributed by atoms with E-state index in [4.69, 9.17) is 0 Å². The van der Waals surface area contributed by atoms with Crippen LogP contribution >= 0.6 is 0 Å². The number of hydrogen-bond acceptors (Lipinski definition) is 5. The largest absolute Gasteiger partial charge is 0.490 e. The molecule has 1 fully saturated rings. The van der Waals surface area contributed by atoms with Gasteiger partial charge in [0.05, 0.1) is 4.90 Å². The molecule has 1 aliphatic rings. The number of carbonyl (C=O) groups is 1. The zero-order chi connectivity index (χ0) is 21.1. The molecule has 1 heterocycles. The average Bonchev–Trinajstić information content (AvgIpc) is 3.18. The lowest BCUT2D eigenvalue weighted by Gasteiger charge is -2.24. The second-order valence-corrected chi connectivity index (χ2v) is 8.60. The molecule has 1 atom stereocenters. The number of halogens is 3. The van der Waals surface area contributed by atoms with Gasteiger partial charge in [-0.15, -0.1) is 0 Å². The van der Waals surface area contributed by atoms with Gasteiger partial charge in [-0.2, -0.15) is 13.2 Å². The normalized spacial score (nSPS) is 16.8. The summed E-state index contributed by atoms with van der Waals surface area (Å²) < 4.78 is 70.3. The highest BCUT2D eigenvalue weighted by Gasteiger charge is 2.42. The fourth-order valence-corrected chi connectivity index (χ4v) is 4.62. The van der Waals surface area contributed by atoms with E-state index in [2.05, 4.69) is 9.46 Å². The molecule has 6 nitrogen and oxygen atoms in total. The molecule has 0 bridgehead atoms. The minimum atomic E-state index is -5.14. The number of fused-ring (bicyclic) bond motifs is 1. The van der Waals surface area contributed by atoms with E-state index in [-0.39, 0.29) is 11.4 Å². The van der Waals surface area contributed by atoms with Crippen molar-refractivity contribution in [2.75, 3.05) is 26.2 Å². The average molecular weight is 430 g/mol. The quantitative estimate of drug-likeness (QED) is 0.684. The first kappa shape index (κ1) is 21.5. The zero-order valence-corrected chi connectivity index (χ0v) is 16.3. The van der Waals surface area contributed by atoms with Crippen LogP contribution in [0.25, 0.3) is 10.8 Å². The van der Waals surface area contributed by atoms with Crippen LogP contribution in [-0.2, 0) is 19.6 Å². The SMILES string of the molecule is O=C(O[C@@H](CNS(=O)(=O)c1cccc2ccccc12)CN1CCCC1)C(F)(F)F. The molecule has 0 unspecified atom stereocenters. The molecule has 0 aliphatic carbocycles. The van der Waals surface area contributed by atoms with Crippen molar-refractivity contribution >= 4 is 26.8 Å². The fraction of sp³-hybridized carbons (Fsp3) is 0.421. The molecule has 1 N–H and O–H groups in total. The number of carbonyl (C=O) groups excluding carboxylic acids is 1. The number of ether oxygens (including phenoxy) is 1. The maximum atomic E-state index is 12.8. The van der Waals surface area contributed by atoms with E-state index >= 15 is 0 Å². The monoisotopic (exact) mass is 430 g/mol. The zero-order valence-electron chi connectivity index (χ0n) is 15.5. The Hall–Kier alpha value is -2.17. The van der Waals surface area contributed by atoms with Gasteiger partial charge in [-0.25, -0.2) is 17.9 Å². The van der Waals surface area contributed by atoms with E-state index < -0.39 is 34.8 Å². The Bertz CT molecular complexity index is 968.